The van der Waals surface area contributed by atoms with Crippen molar-refractivity contribution in [3.05, 3.63) is 29.3 Å². The van der Waals surface area contributed by atoms with E-state index in [1.165, 1.54) is 38.5 Å². The summed E-state index contributed by atoms with van der Waals surface area (Å²) >= 11 is 0. The van der Waals surface area contributed by atoms with E-state index in [2.05, 4.69) is 10.6 Å². The zero-order valence-corrected chi connectivity index (χ0v) is 12.7. The molecule has 1 fully saturated rings. The second-order valence-corrected chi connectivity index (χ2v) is 5.88. The van der Waals surface area contributed by atoms with E-state index in [1.807, 2.05) is 32.0 Å². The van der Waals surface area contributed by atoms with Gasteiger partial charge in [-0.1, -0.05) is 43.9 Å². The van der Waals surface area contributed by atoms with E-state index in [0.717, 1.165) is 16.8 Å². The minimum atomic E-state index is 0.0617. The van der Waals surface area contributed by atoms with E-state index >= 15 is 0 Å². The van der Waals surface area contributed by atoms with Crippen molar-refractivity contribution in [1.29, 1.82) is 0 Å². The maximum Gasteiger partial charge on any atom is 0.238 e. The van der Waals surface area contributed by atoms with E-state index in [4.69, 9.17) is 0 Å². The highest BCUT2D eigenvalue weighted by atomic mass is 16.1. The van der Waals surface area contributed by atoms with E-state index < -0.39 is 0 Å². The molecular weight excluding hydrogens is 248 g/mol. The van der Waals surface area contributed by atoms with Crippen molar-refractivity contribution < 1.29 is 4.79 Å². The number of carbonyl (C=O) groups excluding carboxylic acids is 1. The average Bonchev–Trinajstić information content (AvgIpc) is 2.69. The number of nitrogens with one attached hydrogen (secondary N) is 2. The van der Waals surface area contributed by atoms with Gasteiger partial charge in [0.05, 0.1) is 6.54 Å². The zero-order chi connectivity index (χ0) is 14.4. The van der Waals surface area contributed by atoms with Gasteiger partial charge in [-0.3, -0.25) is 4.79 Å². The monoisotopic (exact) mass is 274 g/mol. The largest absolute Gasteiger partial charge is 0.324 e. The summed E-state index contributed by atoms with van der Waals surface area (Å²) in [4.78, 5) is 12.1. The summed E-state index contributed by atoms with van der Waals surface area (Å²) < 4.78 is 0. The van der Waals surface area contributed by atoms with Gasteiger partial charge < -0.3 is 10.6 Å². The van der Waals surface area contributed by atoms with E-state index in [1.54, 1.807) is 0 Å². The summed E-state index contributed by atoms with van der Waals surface area (Å²) in [5, 5.41) is 6.44. The fourth-order valence-corrected chi connectivity index (χ4v) is 2.92. The first kappa shape index (κ1) is 15.0. The molecule has 1 saturated carbocycles. The molecule has 2 rings (SSSR count). The number of para-hydroxylation sites is 1. The second-order valence-electron chi connectivity index (χ2n) is 5.88. The van der Waals surface area contributed by atoms with Gasteiger partial charge in [0, 0.05) is 11.7 Å². The molecule has 0 bridgehead atoms. The van der Waals surface area contributed by atoms with Gasteiger partial charge in [0.25, 0.3) is 0 Å². The van der Waals surface area contributed by atoms with E-state index in [-0.39, 0.29) is 5.91 Å². The Morgan fingerprint density at radius 1 is 1.10 bits per heavy atom. The van der Waals surface area contributed by atoms with Crippen LogP contribution in [-0.2, 0) is 4.79 Å². The molecule has 0 aliphatic heterocycles. The molecule has 3 heteroatoms. The van der Waals surface area contributed by atoms with Crippen molar-refractivity contribution in [3.8, 4) is 0 Å². The number of anilines is 1. The van der Waals surface area contributed by atoms with Gasteiger partial charge in [-0.2, -0.15) is 0 Å². The number of carbonyl (C=O) groups is 1. The first-order chi connectivity index (χ1) is 9.66. The fourth-order valence-electron chi connectivity index (χ4n) is 2.92. The summed E-state index contributed by atoms with van der Waals surface area (Å²) in [6.07, 6.45) is 7.67. The Labute approximate surface area is 122 Å². The van der Waals surface area contributed by atoms with Crippen molar-refractivity contribution in [3.63, 3.8) is 0 Å². The molecule has 1 aliphatic rings. The average molecular weight is 274 g/mol. The minimum absolute atomic E-state index is 0.0617. The van der Waals surface area contributed by atoms with Gasteiger partial charge in [-0.15, -0.1) is 0 Å². The summed E-state index contributed by atoms with van der Waals surface area (Å²) in [6.45, 7) is 4.47. The third-order valence-corrected chi connectivity index (χ3v) is 4.15. The summed E-state index contributed by atoms with van der Waals surface area (Å²) in [5.41, 5.74) is 3.20. The molecule has 0 unspecified atom stereocenters. The van der Waals surface area contributed by atoms with Crippen LogP contribution in [0.5, 0.6) is 0 Å². The van der Waals surface area contributed by atoms with Crippen molar-refractivity contribution >= 4 is 11.6 Å². The maximum atomic E-state index is 12.1. The van der Waals surface area contributed by atoms with Crippen LogP contribution in [0.25, 0.3) is 0 Å². The van der Waals surface area contributed by atoms with Gasteiger partial charge in [0.15, 0.2) is 0 Å². The smallest absolute Gasteiger partial charge is 0.238 e. The van der Waals surface area contributed by atoms with Crippen LogP contribution in [0.15, 0.2) is 18.2 Å². The Morgan fingerprint density at radius 2 is 1.70 bits per heavy atom. The molecule has 0 radical (unpaired) electrons. The quantitative estimate of drug-likeness (QED) is 0.824. The second kappa shape index (κ2) is 7.44. The zero-order valence-electron chi connectivity index (χ0n) is 12.7. The van der Waals surface area contributed by atoms with Crippen LogP contribution in [0, 0.1) is 13.8 Å². The normalized spacial score (nSPS) is 16.7. The van der Waals surface area contributed by atoms with Crippen molar-refractivity contribution in [2.45, 2.75) is 58.4 Å². The fraction of sp³-hybridized carbons (Fsp3) is 0.588. The molecule has 0 aromatic heterocycles. The minimum Gasteiger partial charge on any atom is -0.324 e. The summed E-state index contributed by atoms with van der Waals surface area (Å²) in [6, 6.07) is 6.59. The number of benzene rings is 1. The number of aryl methyl sites for hydroxylation is 2. The highest BCUT2D eigenvalue weighted by Crippen LogP contribution is 2.19. The highest BCUT2D eigenvalue weighted by Gasteiger charge is 2.13. The lowest BCUT2D eigenvalue weighted by Gasteiger charge is -2.17. The van der Waals surface area contributed by atoms with Crippen LogP contribution in [0.4, 0.5) is 5.69 Å². The molecule has 20 heavy (non-hydrogen) atoms. The third-order valence-electron chi connectivity index (χ3n) is 4.15. The lowest BCUT2D eigenvalue weighted by molar-refractivity contribution is -0.115. The molecule has 110 valence electrons. The Balaban J connectivity index is 1.83. The number of hydrogen-bond donors (Lipinski definition) is 2. The molecule has 0 atom stereocenters. The van der Waals surface area contributed by atoms with Gasteiger partial charge in [0.1, 0.15) is 0 Å². The van der Waals surface area contributed by atoms with Crippen molar-refractivity contribution in [2.75, 3.05) is 11.9 Å². The molecule has 1 aromatic rings. The number of rotatable bonds is 4. The first-order valence-corrected chi connectivity index (χ1v) is 7.76. The van der Waals surface area contributed by atoms with Crippen LogP contribution >= 0.6 is 0 Å². The van der Waals surface area contributed by atoms with Crippen LogP contribution < -0.4 is 10.6 Å². The molecule has 1 aliphatic carbocycles. The molecule has 3 nitrogen and oxygen atoms in total. The molecule has 0 heterocycles. The third kappa shape index (κ3) is 4.34. The van der Waals surface area contributed by atoms with E-state index in [0.29, 0.717) is 12.6 Å². The SMILES string of the molecule is Cc1cccc(C)c1NC(=O)CNC1CCCCCC1. The summed E-state index contributed by atoms with van der Waals surface area (Å²) in [5.74, 6) is 0.0617. The standard InChI is InChI=1S/C17H26N2O/c1-13-8-7-9-14(2)17(13)19-16(20)12-18-15-10-5-3-4-6-11-15/h7-9,15,18H,3-6,10-12H2,1-2H3,(H,19,20). The molecule has 0 spiro atoms. The lowest BCUT2D eigenvalue weighted by atomic mass is 10.1. The molecular formula is C17H26N2O. The van der Waals surface area contributed by atoms with Crippen LogP contribution in [0.1, 0.15) is 49.7 Å². The lowest BCUT2D eigenvalue weighted by Crippen LogP contribution is -2.36. The Kier molecular flexibility index (Phi) is 5.60. The van der Waals surface area contributed by atoms with Gasteiger partial charge in [0.2, 0.25) is 5.91 Å². The number of hydrogen-bond acceptors (Lipinski definition) is 2. The number of amides is 1. The van der Waals surface area contributed by atoms with Gasteiger partial charge in [-0.25, -0.2) is 0 Å². The van der Waals surface area contributed by atoms with Crippen LogP contribution in [0.2, 0.25) is 0 Å². The highest BCUT2D eigenvalue weighted by molar-refractivity contribution is 5.93. The molecule has 1 amide bonds. The van der Waals surface area contributed by atoms with E-state index in [9.17, 15) is 4.79 Å². The molecule has 0 saturated heterocycles. The van der Waals surface area contributed by atoms with Crippen LogP contribution in [-0.4, -0.2) is 18.5 Å². The maximum absolute atomic E-state index is 12.1. The molecule has 1 aromatic carbocycles. The predicted molar refractivity (Wildman–Crippen MR) is 84.0 cm³/mol. The Morgan fingerprint density at radius 3 is 2.30 bits per heavy atom. The Bertz CT molecular complexity index is 428. The van der Waals surface area contributed by atoms with Crippen LogP contribution in [0.3, 0.4) is 0 Å². The summed E-state index contributed by atoms with van der Waals surface area (Å²) in [7, 11) is 0. The van der Waals surface area contributed by atoms with Gasteiger partial charge in [-0.05, 0) is 37.8 Å². The van der Waals surface area contributed by atoms with Crippen molar-refractivity contribution in [2.24, 2.45) is 0 Å². The van der Waals surface area contributed by atoms with Crippen molar-refractivity contribution in [1.82, 2.24) is 5.32 Å². The predicted octanol–water partition coefficient (Wildman–Crippen LogP) is 3.55. The molecule has 2 N–H and O–H groups in total. The topological polar surface area (TPSA) is 41.1 Å². The van der Waals surface area contributed by atoms with Gasteiger partial charge >= 0.3 is 0 Å². The first-order valence-electron chi connectivity index (χ1n) is 7.76. The Hall–Kier alpha value is -1.35.